The molecular formula is C22H22ClNO5S. The van der Waals surface area contributed by atoms with E-state index in [0.29, 0.717) is 27.7 Å². The third-order valence-corrected chi connectivity index (χ3v) is 7.34. The van der Waals surface area contributed by atoms with Crippen molar-refractivity contribution < 1.29 is 22.7 Å². The number of rotatable bonds is 5. The quantitative estimate of drug-likeness (QED) is 0.692. The number of halogens is 1. The van der Waals surface area contributed by atoms with Crippen molar-refractivity contribution >= 4 is 27.4 Å². The second-order valence-electron chi connectivity index (χ2n) is 6.78. The average Bonchev–Trinajstić information content (AvgIpc) is 2.73. The van der Waals surface area contributed by atoms with E-state index in [-0.39, 0.29) is 15.4 Å². The second kappa shape index (κ2) is 8.53. The predicted octanol–water partition coefficient (Wildman–Crippen LogP) is 4.19. The number of carbonyl (C=O) groups is 1. The molecule has 1 N–H and O–H groups in total. The van der Waals surface area contributed by atoms with E-state index in [0.717, 1.165) is 0 Å². The van der Waals surface area contributed by atoms with Crippen LogP contribution < -0.4 is 10.1 Å². The van der Waals surface area contributed by atoms with Crippen LogP contribution in [-0.4, -0.2) is 28.6 Å². The van der Waals surface area contributed by atoms with Gasteiger partial charge in [-0.3, -0.25) is 0 Å². The fraction of sp³-hybridized carbons (Fsp3) is 0.227. The molecule has 1 unspecified atom stereocenters. The van der Waals surface area contributed by atoms with Crippen LogP contribution in [0.15, 0.2) is 75.3 Å². The first-order chi connectivity index (χ1) is 14.2. The highest BCUT2D eigenvalue weighted by Crippen LogP contribution is 2.45. The van der Waals surface area contributed by atoms with Gasteiger partial charge in [-0.05, 0) is 49.7 Å². The summed E-state index contributed by atoms with van der Waals surface area (Å²) in [5.41, 5.74) is 1.63. The molecule has 0 aromatic heterocycles. The van der Waals surface area contributed by atoms with Crippen molar-refractivity contribution in [1.29, 1.82) is 0 Å². The summed E-state index contributed by atoms with van der Waals surface area (Å²) >= 11 is 6.44. The molecule has 0 bridgehead atoms. The van der Waals surface area contributed by atoms with Gasteiger partial charge < -0.3 is 14.8 Å². The van der Waals surface area contributed by atoms with E-state index in [9.17, 15) is 13.2 Å². The van der Waals surface area contributed by atoms with Gasteiger partial charge in [0, 0.05) is 16.4 Å². The maximum Gasteiger partial charge on any atom is 0.336 e. The number of allylic oxidation sites excluding steroid dienone is 3. The van der Waals surface area contributed by atoms with Crippen molar-refractivity contribution in [2.24, 2.45) is 0 Å². The van der Waals surface area contributed by atoms with Crippen molar-refractivity contribution in [2.75, 3.05) is 14.2 Å². The lowest BCUT2D eigenvalue weighted by molar-refractivity contribution is -0.136. The number of methoxy groups -OCH3 is 2. The number of ether oxygens (including phenoxy) is 2. The first-order valence-corrected chi connectivity index (χ1v) is 11.0. The van der Waals surface area contributed by atoms with Crippen LogP contribution in [0.5, 0.6) is 5.75 Å². The maximum atomic E-state index is 13.7. The largest absolute Gasteiger partial charge is 0.497 e. The van der Waals surface area contributed by atoms with Crippen LogP contribution in [-0.2, 0) is 19.4 Å². The highest BCUT2D eigenvalue weighted by molar-refractivity contribution is 7.95. The van der Waals surface area contributed by atoms with E-state index < -0.39 is 21.7 Å². The fourth-order valence-corrected chi connectivity index (χ4v) is 5.60. The van der Waals surface area contributed by atoms with E-state index in [1.54, 1.807) is 50.2 Å². The van der Waals surface area contributed by atoms with E-state index in [4.69, 9.17) is 21.1 Å². The minimum atomic E-state index is -3.99. The lowest BCUT2D eigenvalue weighted by Crippen LogP contribution is -2.31. The van der Waals surface area contributed by atoms with Gasteiger partial charge in [0.15, 0.2) is 0 Å². The Morgan fingerprint density at radius 1 is 1.00 bits per heavy atom. The van der Waals surface area contributed by atoms with Crippen LogP contribution in [0.1, 0.15) is 25.3 Å². The van der Waals surface area contributed by atoms with Gasteiger partial charge in [0.05, 0.1) is 35.5 Å². The SMILES string of the molecule is COC(=O)C1=C(C)NC(C)=C(S(=O)(=O)c2ccc(OC)cc2)C1c1ccccc1Cl. The first-order valence-electron chi connectivity index (χ1n) is 9.12. The van der Waals surface area contributed by atoms with Gasteiger partial charge in [0.25, 0.3) is 0 Å². The van der Waals surface area contributed by atoms with Crippen LogP contribution in [0, 0.1) is 0 Å². The molecular weight excluding hydrogens is 426 g/mol. The normalized spacial score (nSPS) is 16.9. The number of carbonyl (C=O) groups excluding carboxylic acids is 1. The van der Waals surface area contributed by atoms with Crippen molar-refractivity contribution in [1.82, 2.24) is 5.32 Å². The molecule has 30 heavy (non-hydrogen) atoms. The third kappa shape index (κ3) is 3.82. The molecule has 0 aliphatic carbocycles. The summed E-state index contributed by atoms with van der Waals surface area (Å²) in [6.45, 7) is 3.37. The van der Waals surface area contributed by atoms with Crippen LogP contribution >= 0.6 is 11.6 Å². The number of hydrogen-bond donors (Lipinski definition) is 1. The molecule has 1 atom stereocenters. The number of benzene rings is 2. The molecule has 6 nitrogen and oxygen atoms in total. The van der Waals surface area contributed by atoms with E-state index in [1.165, 1.54) is 26.4 Å². The number of hydrogen-bond acceptors (Lipinski definition) is 6. The van der Waals surface area contributed by atoms with Gasteiger partial charge in [0.1, 0.15) is 5.75 Å². The third-order valence-electron chi connectivity index (χ3n) is 4.98. The first kappa shape index (κ1) is 21.9. The Morgan fingerprint density at radius 3 is 2.20 bits per heavy atom. The van der Waals surface area contributed by atoms with Crippen molar-refractivity contribution in [3.05, 3.63) is 81.0 Å². The topological polar surface area (TPSA) is 81.7 Å². The molecule has 3 rings (SSSR count). The lowest BCUT2D eigenvalue weighted by Gasteiger charge is -2.31. The van der Waals surface area contributed by atoms with E-state index in [2.05, 4.69) is 5.32 Å². The molecule has 1 heterocycles. The number of nitrogens with one attached hydrogen (secondary N) is 1. The van der Waals surface area contributed by atoms with Crippen LogP contribution in [0.4, 0.5) is 0 Å². The molecule has 0 amide bonds. The van der Waals surface area contributed by atoms with Crippen molar-refractivity contribution in [3.8, 4) is 5.75 Å². The zero-order valence-electron chi connectivity index (χ0n) is 17.0. The highest BCUT2D eigenvalue weighted by Gasteiger charge is 2.41. The second-order valence-corrected chi connectivity index (χ2v) is 9.10. The lowest BCUT2D eigenvalue weighted by atomic mass is 9.86. The molecule has 0 saturated heterocycles. The maximum absolute atomic E-state index is 13.7. The molecule has 0 spiro atoms. The Bertz CT molecular complexity index is 1150. The summed E-state index contributed by atoms with van der Waals surface area (Å²) in [7, 11) is -1.22. The standard InChI is InChI=1S/C22H22ClNO5S/c1-13-19(22(25)29-4)20(17-7-5-6-8-18(17)23)21(14(2)24-13)30(26,27)16-11-9-15(28-3)10-12-16/h5-12,20,24H,1-4H3. The van der Waals surface area contributed by atoms with E-state index >= 15 is 0 Å². The summed E-state index contributed by atoms with van der Waals surface area (Å²) in [5.74, 6) is -1.01. The molecule has 1 aliphatic rings. The zero-order chi connectivity index (χ0) is 22.1. The van der Waals surface area contributed by atoms with Gasteiger partial charge in [-0.25, -0.2) is 13.2 Å². The minimum absolute atomic E-state index is 0.0479. The molecule has 2 aromatic carbocycles. The number of sulfone groups is 1. The van der Waals surface area contributed by atoms with Crippen LogP contribution in [0.3, 0.4) is 0 Å². The van der Waals surface area contributed by atoms with Gasteiger partial charge in [-0.15, -0.1) is 0 Å². The van der Waals surface area contributed by atoms with Gasteiger partial charge in [0.2, 0.25) is 9.84 Å². The smallest absolute Gasteiger partial charge is 0.336 e. The Morgan fingerprint density at radius 2 is 1.63 bits per heavy atom. The molecule has 0 radical (unpaired) electrons. The molecule has 0 fully saturated rings. The van der Waals surface area contributed by atoms with Crippen molar-refractivity contribution in [2.45, 2.75) is 24.7 Å². The molecule has 0 saturated carbocycles. The van der Waals surface area contributed by atoms with Crippen LogP contribution in [0.25, 0.3) is 0 Å². The summed E-state index contributed by atoms with van der Waals surface area (Å²) in [6, 6.07) is 13.0. The Labute approximate surface area is 181 Å². The zero-order valence-corrected chi connectivity index (χ0v) is 18.6. The highest BCUT2D eigenvalue weighted by atomic mass is 35.5. The molecule has 1 aliphatic heterocycles. The Kier molecular flexibility index (Phi) is 6.24. The van der Waals surface area contributed by atoms with Crippen LogP contribution in [0.2, 0.25) is 5.02 Å². The average molecular weight is 448 g/mol. The predicted molar refractivity (Wildman–Crippen MR) is 115 cm³/mol. The fourth-order valence-electron chi connectivity index (χ4n) is 3.60. The minimum Gasteiger partial charge on any atom is -0.497 e. The summed E-state index contributed by atoms with van der Waals surface area (Å²) in [5, 5.41) is 3.38. The van der Waals surface area contributed by atoms with Gasteiger partial charge >= 0.3 is 5.97 Å². The van der Waals surface area contributed by atoms with E-state index in [1.807, 2.05) is 0 Å². The van der Waals surface area contributed by atoms with Gasteiger partial charge in [-0.1, -0.05) is 29.8 Å². The number of esters is 1. The monoisotopic (exact) mass is 447 g/mol. The van der Waals surface area contributed by atoms with Gasteiger partial charge in [-0.2, -0.15) is 0 Å². The molecule has 158 valence electrons. The summed E-state index contributed by atoms with van der Waals surface area (Å²) in [4.78, 5) is 12.8. The molecule has 2 aromatic rings. The number of dihydropyridines is 1. The Hall–Kier alpha value is -2.77. The summed E-state index contributed by atoms with van der Waals surface area (Å²) < 4.78 is 37.5. The summed E-state index contributed by atoms with van der Waals surface area (Å²) in [6.07, 6.45) is 0. The van der Waals surface area contributed by atoms with Crippen molar-refractivity contribution in [3.63, 3.8) is 0 Å². The molecule has 8 heteroatoms. The Balaban J connectivity index is 2.28.